The van der Waals surface area contributed by atoms with Crippen molar-refractivity contribution < 1.29 is 92.5 Å². The summed E-state index contributed by atoms with van der Waals surface area (Å²) in [6.45, 7) is 0. The molecule has 0 saturated heterocycles. The molecule has 22 heteroatoms. The molecule has 0 bridgehead atoms. The third-order valence-corrected chi connectivity index (χ3v) is 24.7. The minimum absolute atomic E-state index is 0. The zero-order valence-corrected chi connectivity index (χ0v) is 67.4. The van der Waals surface area contributed by atoms with Gasteiger partial charge in [-0.05, 0) is 95.3 Å². The molecule has 13 aromatic rings. The van der Waals surface area contributed by atoms with Crippen LogP contribution in [0.5, 0.6) is 0 Å². The second-order valence-electron chi connectivity index (χ2n) is 21.3. The third-order valence-electron chi connectivity index (χ3n) is 13.6. The zero-order valence-electron chi connectivity index (χ0n) is 54.0. The summed E-state index contributed by atoms with van der Waals surface area (Å²) in [5.74, 6) is 0. The summed E-state index contributed by atoms with van der Waals surface area (Å²) in [5.41, 5.74) is 2.81. The molecule has 0 atom stereocenters. The van der Waals surface area contributed by atoms with Crippen LogP contribution < -0.4 is 63.7 Å². The van der Waals surface area contributed by atoms with E-state index in [-0.39, 0.29) is 42.1 Å². The van der Waals surface area contributed by atoms with Crippen LogP contribution in [0, 0.1) is 0 Å². The summed E-state index contributed by atoms with van der Waals surface area (Å²) in [5, 5.41) is 18.8. The summed E-state index contributed by atoms with van der Waals surface area (Å²) in [6, 6.07) is 138. The summed E-state index contributed by atoms with van der Waals surface area (Å²) in [4.78, 5) is 0. The Morgan fingerprint density at radius 3 is 0.324 bits per heavy atom. The Balaban J connectivity index is 0.000000220. The number of benzene rings is 13. The van der Waals surface area contributed by atoms with Crippen LogP contribution in [0.3, 0.4) is 0 Å². The van der Waals surface area contributed by atoms with Crippen molar-refractivity contribution >= 4 is 143 Å². The van der Waals surface area contributed by atoms with Gasteiger partial charge in [0.2, 0.25) is 0 Å². The van der Waals surface area contributed by atoms with Crippen molar-refractivity contribution in [2.24, 2.45) is 0 Å². The standard InChI is InChI=1S/4C18H15P.C8H8Se2.2F6P.2Pt/c4*1-4-10-16(11-5-1)19(17-12-6-2-7-13-17)18-14-8-3-9-15-18;9-5-7-3-1-2-4-8(7)6-10;2*1-7(2,3,4,5)6;;/h4*1-15H;1-4H,5-6H2;;;;/q;;;;;2*-1;;. The number of rotatable bonds is 14. The van der Waals surface area contributed by atoms with Gasteiger partial charge >= 0.3 is 144 Å². The van der Waals surface area contributed by atoms with Gasteiger partial charge in [0.25, 0.3) is 0 Å². The minimum atomic E-state index is -10.7. The summed E-state index contributed by atoms with van der Waals surface area (Å²) in [6.07, 6.45) is 0. The van der Waals surface area contributed by atoms with E-state index in [2.05, 4.69) is 420 Å². The number of hydrogen-bond acceptors (Lipinski definition) is 0. The molecule has 13 aromatic carbocycles. The van der Waals surface area contributed by atoms with Gasteiger partial charge in [-0.1, -0.05) is 364 Å². The Kier molecular flexibility index (Phi) is 34.4. The molecule has 0 aliphatic carbocycles. The topological polar surface area (TPSA) is 0 Å². The zero-order chi connectivity index (χ0) is 71.9. The van der Waals surface area contributed by atoms with E-state index in [1.54, 1.807) is 0 Å². The van der Waals surface area contributed by atoms with Crippen LogP contribution >= 0.6 is 47.3 Å². The summed E-state index contributed by atoms with van der Waals surface area (Å²) in [7, 11) is -23.1. The molecule has 0 aromatic heterocycles. The van der Waals surface area contributed by atoms with E-state index in [0.29, 0.717) is 0 Å². The molecule has 536 valence electrons. The van der Waals surface area contributed by atoms with Gasteiger partial charge < -0.3 is 0 Å². The Morgan fingerprint density at radius 1 is 0.167 bits per heavy atom. The average molecular weight is 1990 g/mol. The Bertz CT molecular complexity index is 3490. The molecule has 0 saturated carbocycles. The number of halogens is 12. The Labute approximate surface area is 639 Å². The van der Waals surface area contributed by atoms with Crippen LogP contribution in [-0.2, 0) is 52.8 Å². The van der Waals surface area contributed by atoms with E-state index < -0.39 is 47.3 Å². The Hall–Kier alpha value is -5.98. The first kappa shape index (κ1) is 86.7. The molecule has 0 fully saturated rings. The van der Waals surface area contributed by atoms with Crippen molar-refractivity contribution in [1.82, 2.24) is 0 Å². The van der Waals surface area contributed by atoms with Gasteiger partial charge in [-0.2, -0.15) is 0 Å². The fourth-order valence-electron chi connectivity index (χ4n) is 9.55. The molecule has 0 amide bonds. The summed E-state index contributed by atoms with van der Waals surface area (Å²) < 4.78 is 118. The molecule has 102 heavy (non-hydrogen) atoms. The van der Waals surface area contributed by atoms with Crippen molar-refractivity contribution in [1.29, 1.82) is 0 Å². The monoisotopic (exact) mass is 1990 g/mol. The van der Waals surface area contributed by atoms with Gasteiger partial charge in [0.15, 0.2) is 0 Å². The van der Waals surface area contributed by atoms with E-state index in [1.807, 2.05) is 0 Å². The molecule has 0 aliphatic rings. The SMILES string of the molecule is F[P-](F)(F)(F)(F)F.F[P-](F)(F)(F)(F)F.[Pt].[Pt].[Se]Cc1ccccc1C[Se].c1ccc(P(c2ccccc2)c2ccccc2)cc1.c1ccc(P(c2ccccc2)c2ccccc2)cc1.c1ccc(P(c2ccccc2)c2ccccc2)cc1.c1ccc(P(c2ccccc2)c2ccccc2)cc1. The maximum absolute atomic E-state index is 10.7. The molecular weight excluding hydrogens is 1920 g/mol. The maximum atomic E-state index is 9.87. The van der Waals surface area contributed by atoms with Crippen molar-refractivity contribution in [2.75, 3.05) is 0 Å². The van der Waals surface area contributed by atoms with Gasteiger partial charge in [0.1, 0.15) is 0 Å². The van der Waals surface area contributed by atoms with Gasteiger partial charge in [-0.25, -0.2) is 0 Å². The minimum Gasteiger partial charge on any atom is -0.0622 e. The van der Waals surface area contributed by atoms with Gasteiger partial charge in [-0.15, -0.1) is 0 Å². The smallest absolute Gasteiger partial charge is 0.0134 e. The van der Waals surface area contributed by atoms with Crippen LogP contribution in [0.4, 0.5) is 50.4 Å². The number of hydrogen-bond donors (Lipinski definition) is 0. The van der Waals surface area contributed by atoms with E-state index in [1.165, 1.54) is 74.8 Å². The molecule has 0 N–H and O–H groups in total. The third kappa shape index (κ3) is 34.7. The normalized spacial score (nSPS) is 12.0. The van der Waals surface area contributed by atoms with Gasteiger partial charge in [-0.3, -0.25) is 0 Å². The van der Waals surface area contributed by atoms with Crippen molar-refractivity contribution in [3.63, 3.8) is 0 Å². The second-order valence-corrected chi connectivity index (χ2v) is 35.3. The predicted octanol–water partition coefficient (Wildman–Crippen LogP) is 21.6. The first-order valence-electron chi connectivity index (χ1n) is 30.8. The molecular formula is C80H68F12P6Pt2Se2-2. The largest absolute Gasteiger partial charge is 0.0622 e. The molecule has 0 nitrogen and oxygen atoms in total. The van der Waals surface area contributed by atoms with Crippen LogP contribution in [0.15, 0.2) is 388 Å². The Morgan fingerprint density at radius 2 is 0.245 bits per heavy atom. The van der Waals surface area contributed by atoms with Crippen LogP contribution in [-0.4, -0.2) is 32.0 Å². The van der Waals surface area contributed by atoms with Gasteiger partial charge in [0, 0.05) is 42.1 Å². The van der Waals surface area contributed by atoms with Crippen LogP contribution in [0.25, 0.3) is 0 Å². The second kappa shape index (κ2) is 40.5. The van der Waals surface area contributed by atoms with Crippen molar-refractivity contribution in [2.45, 2.75) is 10.6 Å². The maximum Gasteiger partial charge on any atom is -0.0134 e. The summed E-state index contributed by atoms with van der Waals surface area (Å²) >= 11 is 6.04. The van der Waals surface area contributed by atoms with Gasteiger partial charge in [0.05, 0.1) is 0 Å². The first-order chi connectivity index (χ1) is 47.6. The fourth-order valence-corrected chi connectivity index (χ4v) is 20.0. The van der Waals surface area contributed by atoms with E-state index in [4.69, 9.17) is 0 Å². The molecule has 0 unspecified atom stereocenters. The fraction of sp³-hybridized carbons (Fsp3) is 0.0250. The van der Waals surface area contributed by atoms with Crippen LogP contribution in [0.2, 0.25) is 0 Å². The molecule has 0 aliphatic heterocycles. The average Bonchev–Trinajstić information content (AvgIpc) is 0.800. The van der Waals surface area contributed by atoms with Crippen molar-refractivity contribution in [3.05, 3.63) is 399 Å². The van der Waals surface area contributed by atoms with Crippen LogP contribution in [0.1, 0.15) is 11.1 Å². The molecule has 13 rings (SSSR count). The van der Waals surface area contributed by atoms with E-state index in [0.717, 1.165) is 10.6 Å². The quantitative estimate of drug-likeness (QED) is 0.0578. The molecule has 2 radical (unpaired) electrons. The molecule has 0 spiro atoms. The van der Waals surface area contributed by atoms with Crippen molar-refractivity contribution in [3.8, 4) is 0 Å². The molecule has 0 heterocycles. The van der Waals surface area contributed by atoms with E-state index >= 15 is 0 Å². The first-order valence-corrected chi connectivity index (χ1v) is 42.6. The predicted molar refractivity (Wildman–Crippen MR) is 413 cm³/mol. The van der Waals surface area contributed by atoms with E-state index in [9.17, 15) is 50.4 Å².